The van der Waals surface area contributed by atoms with E-state index in [1.807, 2.05) is 12.3 Å². The number of rotatable bonds is 3. The van der Waals surface area contributed by atoms with Crippen molar-refractivity contribution in [2.75, 3.05) is 5.73 Å². The fourth-order valence-electron chi connectivity index (χ4n) is 1.76. The van der Waals surface area contributed by atoms with Crippen LogP contribution in [-0.2, 0) is 0 Å². The van der Waals surface area contributed by atoms with Crippen molar-refractivity contribution < 1.29 is 4.92 Å². The molecule has 18 heavy (non-hydrogen) atoms. The first-order valence-corrected chi connectivity index (χ1v) is 6.40. The van der Waals surface area contributed by atoms with Crippen molar-refractivity contribution in [2.45, 2.75) is 19.9 Å². The minimum atomic E-state index is -0.512. The molecule has 2 rings (SSSR count). The Balaban J connectivity index is 2.46. The smallest absolute Gasteiger partial charge is 0.333 e. The Morgan fingerprint density at radius 2 is 2.33 bits per heavy atom. The van der Waals surface area contributed by atoms with Crippen LogP contribution in [0.1, 0.15) is 24.2 Å². The van der Waals surface area contributed by atoms with Gasteiger partial charge in [0.1, 0.15) is 5.69 Å². The van der Waals surface area contributed by atoms with Crippen LogP contribution in [-0.4, -0.2) is 14.7 Å². The lowest BCUT2D eigenvalue weighted by Crippen LogP contribution is -2.11. The van der Waals surface area contributed by atoms with Gasteiger partial charge in [0, 0.05) is 0 Å². The van der Waals surface area contributed by atoms with Crippen LogP contribution < -0.4 is 5.73 Å². The third-order valence-electron chi connectivity index (χ3n) is 2.71. The van der Waals surface area contributed by atoms with Crippen molar-refractivity contribution in [2.24, 2.45) is 0 Å². The summed E-state index contributed by atoms with van der Waals surface area (Å²) in [5.41, 5.74) is 6.88. The molecular weight excluding hydrogens is 276 g/mol. The molecule has 2 aromatic heterocycles. The Labute approximate surface area is 112 Å². The molecule has 0 amide bonds. The standard InChI is InChI=1S/C10H11ClN4O2S/c1-5-9(15(16)17)10(12)14(13-5)6(2)7-3-8(11)18-4-7/h3-4,6H,12H2,1-2H3. The maximum Gasteiger partial charge on any atom is 0.333 e. The fraction of sp³-hybridized carbons (Fsp3) is 0.300. The van der Waals surface area contributed by atoms with E-state index < -0.39 is 4.92 Å². The number of nitrogens with zero attached hydrogens (tertiary/aromatic N) is 3. The molecule has 2 N–H and O–H groups in total. The number of hydrogen-bond donors (Lipinski definition) is 1. The van der Waals surface area contributed by atoms with Crippen LogP contribution >= 0.6 is 22.9 Å². The Morgan fingerprint density at radius 1 is 1.67 bits per heavy atom. The van der Waals surface area contributed by atoms with Crippen molar-refractivity contribution in [3.05, 3.63) is 37.2 Å². The van der Waals surface area contributed by atoms with Crippen molar-refractivity contribution in [3.63, 3.8) is 0 Å². The summed E-state index contributed by atoms with van der Waals surface area (Å²) < 4.78 is 2.11. The van der Waals surface area contributed by atoms with Crippen molar-refractivity contribution in [1.82, 2.24) is 9.78 Å². The second-order valence-electron chi connectivity index (χ2n) is 3.88. The highest BCUT2D eigenvalue weighted by molar-refractivity contribution is 7.14. The number of nitrogens with two attached hydrogens (primary N) is 1. The Kier molecular flexibility index (Phi) is 3.27. The summed E-state index contributed by atoms with van der Waals surface area (Å²) >= 11 is 7.27. The van der Waals surface area contributed by atoms with Crippen LogP contribution in [0.15, 0.2) is 11.4 Å². The van der Waals surface area contributed by atoms with Crippen LogP contribution in [0, 0.1) is 17.0 Å². The number of hydrogen-bond acceptors (Lipinski definition) is 5. The SMILES string of the molecule is Cc1nn(C(C)c2csc(Cl)c2)c(N)c1[N+](=O)[O-]. The van der Waals surface area contributed by atoms with E-state index in [-0.39, 0.29) is 17.5 Å². The normalized spacial score (nSPS) is 12.6. The molecule has 0 bridgehead atoms. The number of nitrogen functional groups attached to an aromatic ring is 1. The minimum absolute atomic E-state index is 0.0623. The molecule has 0 aliphatic heterocycles. The molecule has 6 nitrogen and oxygen atoms in total. The van der Waals surface area contributed by atoms with Crippen LogP contribution in [0.25, 0.3) is 0 Å². The van der Waals surface area contributed by atoms with Crippen LogP contribution in [0.5, 0.6) is 0 Å². The van der Waals surface area contributed by atoms with Gasteiger partial charge in [0.2, 0.25) is 5.82 Å². The summed E-state index contributed by atoms with van der Waals surface area (Å²) in [6.45, 7) is 3.43. The minimum Gasteiger partial charge on any atom is -0.378 e. The van der Waals surface area contributed by atoms with Gasteiger partial charge < -0.3 is 5.73 Å². The zero-order chi connectivity index (χ0) is 13.4. The molecule has 8 heteroatoms. The second kappa shape index (κ2) is 4.58. The molecular formula is C10H11ClN4O2S. The lowest BCUT2D eigenvalue weighted by molar-refractivity contribution is -0.384. The summed E-state index contributed by atoms with van der Waals surface area (Å²) in [6, 6.07) is 1.61. The number of nitro groups is 1. The third kappa shape index (κ3) is 2.06. The molecule has 2 heterocycles. The second-order valence-corrected chi connectivity index (χ2v) is 5.42. The van der Waals surface area contributed by atoms with E-state index in [0.29, 0.717) is 10.0 Å². The number of thiophene rings is 1. The quantitative estimate of drug-likeness (QED) is 0.694. The van der Waals surface area contributed by atoms with Crippen LogP contribution in [0.4, 0.5) is 11.5 Å². The van der Waals surface area contributed by atoms with Gasteiger partial charge in [0.15, 0.2) is 0 Å². The Hall–Kier alpha value is -1.60. The first kappa shape index (κ1) is 12.8. The summed E-state index contributed by atoms with van der Waals surface area (Å²) in [5, 5.41) is 16.9. The van der Waals surface area contributed by atoms with Gasteiger partial charge in [-0.1, -0.05) is 11.6 Å². The van der Waals surface area contributed by atoms with E-state index in [0.717, 1.165) is 5.56 Å². The number of anilines is 1. The molecule has 0 fully saturated rings. The lowest BCUT2D eigenvalue weighted by atomic mass is 10.2. The van der Waals surface area contributed by atoms with Gasteiger partial charge in [0.05, 0.1) is 15.3 Å². The van der Waals surface area contributed by atoms with Crippen molar-refractivity contribution in [3.8, 4) is 0 Å². The third-order valence-corrected chi connectivity index (χ3v) is 3.82. The van der Waals surface area contributed by atoms with Crippen molar-refractivity contribution in [1.29, 1.82) is 0 Å². The van der Waals surface area contributed by atoms with Crippen LogP contribution in [0.3, 0.4) is 0 Å². The summed E-state index contributed by atoms with van der Waals surface area (Å²) in [7, 11) is 0. The van der Waals surface area contributed by atoms with Crippen molar-refractivity contribution >= 4 is 34.4 Å². The van der Waals surface area contributed by atoms with Gasteiger partial charge in [-0.3, -0.25) is 10.1 Å². The molecule has 2 aromatic rings. The van der Waals surface area contributed by atoms with Gasteiger partial charge in [0.25, 0.3) is 0 Å². The van der Waals surface area contributed by atoms with Gasteiger partial charge >= 0.3 is 5.69 Å². The highest BCUT2D eigenvalue weighted by atomic mass is 35.5. The molecule has 0 saturated carbocycles. The molecule has 0 aliphatic carbocycles. The van der Waals surface area contributed by atoms with Gasteiger partial charge in [-0.25, -0.2) is 4.68 Å². The Morgan fingerprint density at radius 3 is 2.78 bits per heavy atom. The molecule has 0 spiro atoms. The predicted octanol–water partition coefficient (Wildman–Crippen LogP) is 3.01. The van der Waals surface area contributed by atoms with E-state index in [9.17, 15) is 10.1 Å². The molecule has 0 aromatic carbocycles. The Bertz CT molecular complexity index is 607. The highest BCUT2D eigenvalue weighted by Crippen LogP contribution is 2.32. The van der Waals surface area contributed by atoms with E-state index in [4.69, 9.17) is 17.3 Å². The average molecular weight is 287 g/mol. The largest absolute Gasteiger partial charge is 0.378 e. The maximum absolute atomic E-state index is 10.9. The van der Waals surface area contributed by atoms with Gasteiger partial charge in [-0.2, -0.15) is 5.10 Å². The molecule has 1 unspecified atom stereocenters. The monoisotopic (exact) mass is 286 g/mol. The number of aryl methyl sites for hydroxylation is 1. The molecule has 1 atom stereocenters. The number of aromatic nitrogens is 2. The predicted molar refractivity (Wildman–Crippen MR) is 71.2 cm³/mol. The summed E-state index contributed by atoms with van der Waals surface area (Å²) in [6.07, 6.45) is 0. The molecule has 0 saturated heterocycles. The topological polar surface area (TPSA) is 87.0 Å². The van der Waals surface area contributed by atoms with Gasteiger partial charge in [-0.05, 0) is 30.9 Å². The fourth-order valence-corrected chi connectivity index (χ4v) is 2.74. The van der Waals surface area contributed by atoms with E-state index in [1.54, 1.807) is 13.0 Å². The number of halogens is 1. The van der Waals surface area contributed by atoms with Gasteiger partial charge in [-0.15, -0.1) is 11.3 Å². The first-order valence-electron chi connectivity index (χ1n) is 5.14. The molecule has 0 aliphatic rings. The average Bonchev–Trinajstić information content (AvgIpc) is 2.82. The molecule has 0 radical (unpaired) electrons. The zero-order valence-electron chi connectivity index (χ0n) is 9.75. The zero-order valence-corrected chi connectivity index (χ0v) is 11.3. The maximum atomic E-state index is 10.9. The first-order chi connectivity index (χ1) is 8.41. The summed E-state index contributed by atoms with van der Waals surface area (Å²) in [4.78, 5) is 10.4. The van der Waals surface area contributed by atoms with E-state index in [1.165, 1.54) is 16.0 Å². The van der Waals surface area contributed by atoms with Crippen LogP contribution in [0.2, 0.25) is 4.34 Å². The lowest BCUT2D eigenvalue weighted by Gasteiger charge is -2.11. The molecule has 96 valence electrons. The highest BCUT2D eigenvalue weighted by Gasteiger charge is 2.26. The van der Waals surface area contributed by atoms with E-state index in [2.05, 4.69) is 5.10 Å². The summed E-state index contributed by atoms with van der Waals surface area (Å²) in [5.74, 6) is 0.0623. The van der Waals surface area contributed by atoms with E-state index >= 15 is 0 Å².